The summed E-state index contributed by atoms with van der Waals surface area (Å²) < 4.78 is 0. The van der Waals surface area contributed by atoms with Crippen LogP contribution in [0.25, 0.3) is 28.3 Å². The fourth-order valence-corrected chi connectivity index (χ4v) is 4.29. The van der Waals surface area contributed by atoms with Crippen LogP contribution in [0.4, 0.5) is 17.1 Å². The number of nitriles is 1. The van der Waals surface area contributed by atoms with Crippen LogP contribution in [0, 0.1) is 11.3 Å². The van der Waals surface area contributed by atoms with Crippen LogP contribution in [-0.4, -0.2) is 21.0 Å². The summed E-state index contributed by atoms with van der Waals surface area (Å²) in [6.45, 7) is 0. The average Bonchev–Trinajstić information content (AvgIpc) is 3.01. The Labute approximate surface area is 232 Å². The lowest BCUT2D eigenvalue weighted by atomic mass is 10.0. The maximum atomic E-state index is 11.0. The Balaban J connectivity index is 1.48. The minimum absolute atomic E-state index is 0.315. The first kappa shape index (κ1) is 25.8. The molecule has 2 heterocycles. The number of allylic oxidation sites excluding steroid dienone is 2. The van der Waals surface area contributed by atoms with Gasteiger partial charge in [-0.25, -0.2) is 4.79 Å². The highest BCUT2D eigenvalue weighted by molar-refractivity contribution is 5.91. The minimum Gasteiger partial charge on any atom is -0.477 e. The average molecular weight is 521 g/mol. The molecule has 6 nitrogen and oxygen atoms in total. The lowest BCUT2D eigenvalue weighted by Gasteiger charge is -2.26. The van der Waals surface area contributed by atoms with Gasteiger partial charge < -0.3 is 10.0 Å². The van der Waals surface area contributed by atoms with Crippen molar-refractivity contribution in [1.29, 1.82) is 5.26 Å². The highest BCUT2D eigenvalue weighted by Crippen LogP contribution is 2.36. The van der Waals surface area contributed by atoms with Crippen molar-refractivity contribution in [3.8, 4) is 28.3 Å². The van der Waals surface area contributed by atoms with Crippen molar-refractivity contribution in [3.63, 3.8) is 0 Å². The van der Waals surface area contributed by atoms with Crippen LogP contribution in [0.5, 0.6) is 0 Å². The topological polar surface area (TPSA) is 90.1 Å². The zero-order valence-electron chi connectivity index (χ0n) is 21.4. The van der Waals surface area contributed by atoms with Gasteiger partial charge in [0, 0.05) is 41.8 Å². The molecular formula is C34H24N4O2. The maximum Gasteiger partial charge on any atom is 0.346 e. The molecule has 0 unspecified atom stereocenters. The second kappa shape index (κ2) is 12.2. The fraction of sp³-hybridized carbons (Fsp3) is 0. The van der Waals surface area contributed by atoms with E-state index < -0.39 is 5.97 Å². The molecule has 0 aliphatic rings. The summed E-state index contributed by atoms with van der Waals surface area (Å²) in [7, 11) is 0. The van der Waals surface area contributed by atoms with Crippen LogP contribution in [0.3, 0.4) is 0 Å². The maximum absolute atomic E-state index is 11.0. The predicted octanol–water partition coefficient (Wildman–Crippen LogP) is 7.83. The second-order valence-electron chi connectivity index (χ2n) is 8.85. The number of hydrogen-bond acceptors (Lipinski definition) is 5. The number of benzene rings is 3. The van der Waals surface area contributed by atoms with Crippen molar-refractivity contribution >= 4 is 29.1 Å². The first-order valence-corrected chi connectivity index (χ1v) is 12.6. The highest BCUT2D eigenvalue weighted by Gasteiger charge is 2.13. The number of carboxylic acids is 1. The van der Waals surface area contributed by atoms with E-state index in [2.05, 4.69) is 63.4 Å². The number of carbonyl (C=O) groups is 1. The van der Waals surface area contributed by atoms with Gasteiger partial charge in [-0.05, 0) is 94.6 Å². The van der Waals surface area contributed by atoms with Crippen molar-refractivity contribution in [2.75, 3.05) is 4.90 Å². The molecule has 0 saturated heterocycles. The van der Waals surface area contributed by atoms with Crippen LogP contribution in [0.1, 0.15) is 5.56 Å². The molecule has 0 spiro atoms. The van der Waals surface area contributed by atoms with Crippen molar-refractivity contribution in [3.05, 3.63) is 145 Å². The molecule has 0 saturated carbocycles. The first-order valence-electron chi connectivity index (χ1n) is 12.6. The van der Waals surface area contributed by atoms with Crippen LogP contribution in [-0.2, 0) is 4.79 Å². The van der Waals surface area contributed by atoms with Crippen LogP contribution in [0.2, 0.25) is 0 Å². The standard InChI is InChI=1S/C34H24N4O2/c35-24-30(34(39)40)3-1-2-25-4-10-31(11-5-25)38(32-12-6-26(7-13-32)28-16-20-36-21-17-28)33-14-8-27(9-15-33)29-18-22-37-23-19-29/h1-23H,(H,39,40)/b2-1+,30-3+. The normalized spacial score (nSPS) is 11.2. The second-order valence-corrected chi connectivity index (χ2v) is 8.85. The SMILES string of the molecule is N#C/C(=C\C=C\c1ccc(N(c2ccc(-c3ccncc3)cc2)c2ccc(-c3ccncc3)cc2)cc1)C(=O)O. The smallest absolute Gasteiger partial charge is 0.346 e. The fourth-order valence-electron chi connectivity index (χ4n) is 4.29. The van der Waals surface area contributed by atoms with Gasteiger partial charge in [-0.15, -0.1) is 0 Å². The van der Waals surface area contributed by atoms with E-state index >= 15 is 0 Å². The van der Waals surface area contributed by atoms with E-state index in [1.54, 1.807) is 43.0 Å². The van der Waals surface area contributed by atoms with Gasteiger partial charge in [0.1, 0.15) is 11.6 Å². The number of hydrogen-bond donors (Lipinski definition) is 1. The Morgan fingerprint density at radius 2 is 1.05 bits per heavy atom. The van der Waals surface area contributed by atoms with E-state index in [0.717, 1.165) is 44.9 Å². The van der Waals surface area contributed by atoms with Gasteiger partial charge in [0.05, 0.1) is 0 Å². The summed E-state index contributed by atoms with van der Waals surface area (Å²) in [4.78, 5) is 21.4. The third kappa shape index (κ3) is 6.01. The summed E-state index contributed by atoms with van der Waals surface area (Å²) in [5.41, 5.74) is 7.93. The quantitative estimate of drug-likeness (QED) is 0.127. The molecule has 3 aromatic carbocycles. The number of carboxylic acid groups (broad SMARTS) is 1. The summed E-state index contributed by atoms with van der Waals surface area (Å²) in [5, 5.41) is 17.9. The van der Waals surface area contributed by atoms with Gasteiger partial charge in [0.25, 0.3) is 0 Å². The summed E-state index contributed by atoms with van der Waals surface area (Å²) in [5.74, 6) is -1.25. The lowest BCUT2D eigenvalue weighted by Crippen LogP contribution is -2.09. The van der Waals surface area contributed by atoms with Gasteiger partial charge in [-0.2, -0.15) is 5.26 Å². The van der Waals surface area contributed by atoms with Crippen molar-refractivity contribution in [2.24, 2.45) is 0 Å². The zero-order chi connectivity index (χ0) is 27.7. The van der Waals surface area contributed by atoms with Gasteiger partial charge >= 0.3 is 5.97 Å². The molecule has 5 rings (SSSR count). The number of anilines is 3. The molecular weight excluding hydrogens is 496 g/mol. The van der Waals surface area contributed by atoms with E-state index in [1.165, 1.54) is 6.08 Å². The molecule has 0 aliphatic heterocycles. The molecule has 0 fully saturated rings. The Morgan fingerprint density at radius 1 is 0.650 bits per heavy atom. The largest absolute Gasteiger partial charge is 0.477 e. The molecule has 1 N–H and O–H groups in total. The number of aromatic nitrogens is 2. The van der Waals surface area contributed by atoms with Gasteiger partial charge in [0.2, 0.25) is 0 Å². The molecule has 40 heavy (non-hydrogen) atoms. The molecule has 2 aromatic heterocycles. The zero-order valence-corrected chi connectivity index (χ0v) is 21.4. The summed E-state index contributed by atoms with van der Waals surface area (Å²) >= 11 is 0. The molecule has 0 aliphatic carbocycles. The summed E-state index contributed by atoms with van der Waals surface area (Å²) in [6, 6.07) is 34.3. The van der Waals surface area contributed by atoms with E-state index in [1.807, 2.05) is 48.5 Å². The van der Waals surface area contributed by atoms with Crippen molar-refractivity contribution in [2.45, 2.75) is 0 Å². The number of pyridine rings is 2. The highest BCUT2D eigenvalue weighted by atomic mass is 16.4. The third-order valence-corrected chi connectivity index (χ3v) is 6.33. The molecule has 5 aromatic rings. The van der Waals surface area contributed by atoms with E-state index in [9.17, 15) is 4.79 Å². The molecule has 0 atom stereocenters. The van der Waals surface area contributed by atoms with Crippen LogP contribution < -0.4 is 4.90 Å². The molecule has 0 amide bonds. The molecule has 6 heteroatoms. The van der Waals surface area contributed by atoms with Gasteiger partial charge in [-0.1, -0.05) is 48.6 Å². The predicted molar refractivity (Wildman–Crippen MR) is 158 cm³/mol. The molecule has 192 valence electrons. The Morgan fingerprint density at radius 3 is 1.45 bits per heavy atom. The Kier molecular flexibility index (Phi) is 7.85. The monoisotopic (exact) mass is 520 g/mol. The van der Waals surface area contributed by atoms with E-state index in [-0.39, 0.29) is 5.57 Å². The van der Waals surface area contributed by atoms with Crippen molar-refractivity contribution < 1.29 is 9.90 Å². The summed E-state index contributed by atoms with van der Waals surface area (Å²) in [6.07, 6.45) is 11.8. The van der Waals surface area contributed by atoms with Crippen LogP contribution in [0.15, 0.2) is 140 Å². The Hall–Kier alpha value is -5.80. The van der Waals surface area contributed by atoms with Crippen LogP contribution >= 0.6 is 0 Å². The number of aliphatic carboxylic acids is 1. The lowest BCUT2D eigenvalue weighted by molar-refractivity contribution is -0.132. The van der Waals surface area contributed by atoms with E-state index in [4.69, 9.17) is 10.4 Å². The number of nitrogens with zero attached hydrogens (tertiary/aromatic N) is 4. The Bertz CT molecular complexity index is 1600. The van der Waals surface area contributed by atoms with Crippen molar-refractivity contribution in [1.82, 2.24) is 9.97 Å². The third-order valence-electron chi connectivity index (χ3n) is 6.33. The molecule has 0 radical (unpaired) electrons. The van der Waals surface area contributed by atoms with E-state index in [0.29, 0.717) is 0 Å². The first-order chi connectivity index (χ1) is 19.6. The molecule has 0 bridgehead atoms. The van der Waals surface area contributed by atoms with Gasteiger partial charge in [-0.3, -0.25) is 9.97 Å². The number of rotatable bonds is 8. The minimum atomic E-state index is -1.25. The van der Waals surface area contributed by atoms with Gasteiger partial charge in [0.15, 0.2) is 0 Å².